The molecule has 0 radical (unpaired) electrons. The Morgan fingerprint density at radius 3 is 2.42 bits per heavy atom. The van der Waals surface area contributed by atoms with Crippen molar-refractivity contribution in [2.75, 3.05) is 33.7 Å². The van der Waals surface area contributed by atoms with Crippen LogP contribution in [0.25, 0.3) is 0 Å². The Kier molecular flexibility index (Phi) is 11.3. The highest BCUT2D eigenvalue weighted by Gasteiger charge is 2.30. The maximum atomic E-state index is 11.7. The Morgan fingerprint density at radius 2 is 1.88 bits per heavy atom. The number of nitrogens with one attached hydrogen (secondary N) is 2. The summed E-state index contributed by atoms with van der Waals surface area (Å²) in [6, 6.07) is 0. The first-order chi connectivity index (χ1) is 10.9. The van der Waals surface area contributed by atoms with Crippen LogP contribution < -0.4 is 10.6 Å². The van der Waals surface area contributed by atoms with Gasteiger partial charge in [0.25, 0.3) is 0 Å². The lowest BCUT2D eigenvalue weighted by molar-refractivity contribution is -0.127. The molecule has 0 unspecified atom stereocenters. The maximum Gasteiger partial charge on any atom is 0.243 e. The van der Waals surface area contributed by atoms with Gasteiger partial charge in [-0.15, -0.1) is 30.6 Å². The van der Waals surface area contributed by atoms with Crippen LogP contribution in [-0.4, -0.2) is 50.5 Å². The fraction of sp³-hybridized carbons (Fsp3) is 0.778. The summed E-state index contributed by atoms with van der Waals surface area (Å²) in [6.45, 7) is 10.0. The third kappa shape index (κ3) is 8.35. The van der Waals surface area contributed by atoms with E-state index in [0.29, 0.717) is 12.5 Å². The van der Waals surface area contributed by atoms with E-state index in [9.17, 15) is 4.79 Å². The van der Waals surface area contributed by atoms with Crippen molar-refractivity contribution < 1.29 is 4.79 Å². The molecule has 1 aliphatic rings. The molecule has 0 atom stereocenters. The predicted octanol–water partition coefficient (Wildman–Crippen LogP) is 3.02. The Hall–Kier alpha value is -0.790. The third-order valence-electron chi connectivity index (χ3n) is 4.71. The standard InChI is InChI=1S/C18H34N4O.HI/c1-6-12-19-17(20-13-16(23)22(4)5)21-14-18(2,3)15-10-8-7-9-11-15;/h6,15H,1,7-14H2,2-5H3,(H2,19,20,21);1H. The van der Waals surface area contributed by atoms with Gasteiger partial charge in [-0.05, 0) is 24.2 Å². The molecule has 0 saturated heterocycles. The summed E-state index contributed by atoms with van der Waals surface area (Å²) in [5.41, 5.74) is 0.225. The summed E-state index contributed by atoms with van der Waals surface area (Å²) < 4.78 is 0. The van der Waals surface area contributed by atoms with Crippen LogP contribution in [0, 0.1) is 11.3 Å². The van der Waals surface area contributed by atoms with Gasteiger partial charge in [0.1, 0.15) is 6.54 Å². The second kappa shape index (κ2) is 11.7. The average Bonchev–Trinajstić information content (AvgIpc) is 2.54. The van der Waals surface area contributed by atoms with E-state index < -0.39 is 0 Å². The van der Waals surface area contributed by atoms with Crippen LogP contribution in [0.5, 0.6) is 0 Å². The molecular formula is C18H35IN4O. The number of guanidine groups is 1. The molecule has 0 spiro atoms. The largest absolute Gasteiger partial charge is 0.356 e. The van der Waals surface area contributed by atoms with Gasteiger partial charge in [-0.2, -0.15) is 0 Å². The van der Waals surface area contributed by atoms with Crippen molar-refractivity contribution in [3.63, 3.8) is 0 Å². The molecular weight excluding hydrogens is 415 g/mol. The Bertz CT molecular complexity index is 415. The Morgan fingerprint density at radius 1 is 1.25 bits per heavy atom. The van der Waals surface area contributed by atoms with Gasteiger partial charge in [0.05, 0.1) is 0 Å². The van der Waals surface area contributed by atoms with Gasteiger partial charge in [0.15, 0.2) is 5.96 Å². The number of amides is 1. The summed E-state index contributed by atoms with van der Waals surface area (Å²) in [7, 11) is 3.49. The Labute approximate surface area is 164 Å². The van der Waals surface area contributed by atoms with E-state index in [1.165, 1.54) is 32.1 Å². The van der Waals surface area contributed by atoms with Crippen LogP contribution in [0.15, 0.2) is 17.6 Å². The molecule has 1 fully saturated rings. The van der Waals surface area contributed by atoms with Crippen LogP contribution in [-0.2, 0) is 4.79 Å². The lowest BCUT2D eigenvalue weighted by Crippen LogP contribution is -2.45. The topological polar surface area (TPSA) is 56.7 Å². The summed E-state index contributed by atoms with van der Waals surface area (Å²) in [5, 5.41) is 6.60. The molecule has 1 rings (SSSR count). The van der Waals surface area contributed by atoms with E-state index in [4.69, 9.17) is 0 Å². The fourth-order valence-corrected chi connectivity index (χ4v) is 2.97. The van der Waals surface area contributed by atoms with Gasteiger partial charge < -0.3 is 15.5 Å². The third-order valence-corrected chi connectivity index (χ3v) is 4.71. The first kappa shape index (κ1) is 23.2. The molecule has 5 nitrogen and oxygen atoms in total. The zero-order valence-electron chi connectivity index (χ0n) is 15.7. The highest BCUT2D eigenvalue weighted by Crippen LogP contribution is 2.37. The van der Waals surface area contributed by atoms with E-state index in [0.717, 1.165) is 12.5 Å². The first-order valence-corrected chi connectivity index (χ1v) is 8.70. The number of likely N-dealkylation sites (N-methyl/N-ethyl adjacent to an activating group) is 1. The molecule has 0 aromatic rings. The van der Waals surface area contributed by atoms with Gasteiger partial charge in [-0.3, -0.25) is 4.79 Å². The van der Waals surface area contributed by atoms with Gasteiger partial charge >= 0.3 is 0 Å². The van der Waals surface area contributed by atoms with Gasteiger partial charge in [0, 0.05) is 27.2 Å². The van der Waals surface area contributed by atoms with E-state index in [2.05, 4.69) is 36.1 Å². The number of nitrogens with zero attached hydrogens (tertiary/aromatic N) is 2. The van der Waals surface area contributed by atoms with Gasteiger partial charge in [-0.25, -0.2) is 4.99 Å². The first-order valence-electron chi connectivity index (χ1n) is 8.70. The monoisotopic (exact) mass is 450 g/mol. The average molecular weight is 450 g/mol. The van der Waals surface area contributed by atoms with Crippen molar-refractivity contribution in [2.24, 2.45) is 16.3 Å². The normalized spacial score (nSPS) is 16.1. The lowest BCUT2D eigenvalue weighted by atomic mass is 9.71. The number of carbonyl (C=O) groups is 1. The second-order valence-electron chi connectivity index (χ2n) is 7.30. The molecule has 140 valence electrons. The zero-order chi connectivity index (χ0) is 17.3. The van der Waals surface area contributed by atoms with Crippen LogP contribution in [0.1, 0.15) is 46.0 Å². The van der Waals surface area contributed by atoms with Crippen LogP contribution in [0.2, 0.25) is 0 Å². The summed E-state index contributed by atoms with van der Waals surface area (Å²) in [6.07, 6.45) is 8.50. The summed E-state index contributed by atoms with van der Waals surface area (Å²) in [5.74, 6) is 1.44. The molecule has 0 heterocycles. The molecule has 0 aromatic carbocycles. The molecule has 1 saturated carbocycles. The minimum atomic E-state index is -0.00348. The van der Waals surface area contributed by atoms with Gasteiger partial charge in [-0.1, -0.05) is 39.2 Å². The Balaban J connectivity index is 0.00000529. The highest BCUT2D eigenvalue weighted by atomic mass is 127. The van der Waals surface area contributed by atoms with E-state index in [1.807, 2.05) is 0 Å². The van der Waals surface area contributed by atoms with E-state index in [1.54, 1.807) is 25.1 Å². The molecule has 0 aromatic heterocycles. The minimum absolute atomic E-state index is 0. The smallest absolute Gasteiger partial charge is 0.243 e. The quantitative estimate of drug-likeness (QED) is 0.271. The summed E-state index contributed by atoms with van der Waals surface area (Å²) >= 11 is 0. The van der Waals surface area contributed by atoms with Crippen LogP contribution in [0.4, 0.5) is 0 Å². The van der Waals surface area contributed by atoms with E-state index >= 15 is 0 Å². The number of halogens is 1. The maximum absolute atomic E-state index is 11.7. The molecule has 0 bridgehead atoms. The summed E-state index contributed by atoms with van der Waals surface area (Å²) in [4.78, 5) is 17.7. The van der Waals surface area contributed by atoms with Crippen molar-refractivity contribution in [1.82, 2.24) is 15.5 Å². The molecule has 6 heteroatoms. The number of carbonyl (C=O) groups excluding carboxylic acids is 1. The highest BCUT2D eigenvalue weighted by molar-refractivity contribution is 14.0. The molecule has 24 heavy (non-hydrogen) atoms. The molecule has 1 aliphatic carbocycles. The van der Waals surface area contributed by atoms with Gasteiger partial charge in [0.2, 0.25) is 5.91 Å². The van der Waals surface area contributed by atoms with Crippen molar-refractivity contribution >= 4 is 35.8 Å². The van der Waals surface area contributed by atoms with E-state index in [-0.39, 0.29) is 41.8 Å². The van der Waals surface area contributed by atoms with Crippen LogP contribution >= 0.6 is 24.0 Å². The lowest BCUT2D eigenvalue weighted by Gasteiger charge is -2.37. The SMILES string of the molecule is C=CCNC(=NCC(=O)N(C)C)NCC(C)(C)C1CCCCC1.I. The van der Waals surface area contributed by atoms with Crippen LogP contribution in [0.3, 0.4) is 0 Å². The second-order valence-corrected chi connectivity index (χ2v) is 7.30. The van der Waals surface area contributed by atoms with Crippen molar-refractivity contribution in [2.45, 2.75) is 46.0 Å². The predicted molar refractivity (Wildman–Crippen MR) is 113 cm³/mol. The molecule has 0 aliphatic heterocycles. The number of hydrogen-bond donors (Lipinski definition) is 2. The fourth-order valence-electron chi connectivity index (χ4n) is 2.97. The molecule has 2 N–H and O–H groups in total. The van der Waals surface area contributed by atoms with Crippen molar-refractivity contribution in [1.29, 1.82) is 0 Å². The number of aliphatic imine (C=N–C) groups is 1. The minimum Gasteiger partial charge on any atom is -0.356 e. The number of hydrogen-bond acceptors (Lipinski definition) is 2. The number of rotatable bonds is 7. The van der Waals surface area contributed by atoms with Crippen molar-refractivity contribution in [3.8, 4) is 0 Å². The van der Waals surface area contributed by atoms with Crippen molar-refractivity contribution in [3.05, 3.63) is 12.7 Å². The zero-order valence-corrected chi connectivity index (χ0v) is 18.1. The molecule has 1 amide bonds.